The van der Waals surface area contributed by atoms with Crippen molar-refractivity contribution < 1.29 is 13.2 Å². The first-order valence-corrected chi connectivity index (χ1v) is 7.18. The Morgan fingerprint density at radius 3 is 2.70 bits per heavy atom. The number of rotatable bonds is 4. The molecule has 0 amide bonds. The minimum absolute atomic E-state index is 0.0891. The number of aromatic nitrogens is 1. The number of nitrogens with zero attached hydrogens (tertiary/aromatic N) is 1. The summed E-state index contributed by atoms with van der Waals surface area (Å²) >= 11 is 7.38. The number of hydrogen-bond acceptors (Lipinski definition) is 3. The van der Waals surface area contributed by atoms with Gasteiger partial charge in [0, 0.05) is 22.8 Å². The third-order valence-electron chi connectivity index (χ3n) is 2.78. The van der Waals surface area contributed by atoms with Gasteiger partial charge in [-0.15, -0.1) is 11.3 Å². The predicted octanol–water partition coefficient (Wildman–Crippen LogP) is 4.51. The molecule has 108 valence electrons. The number of hydrogen-bond donors (Lipinski definition) is 1. The Morgan fingerprint density at radius 2 is 2.15 bits per heavy atom. The zero-order valence-electron chi connectivity index (χ0n) is 10.5. The maximum Gasteiger partial charge on any atom is 0.416 e. The van der Waals surface area contributed by atoms with Crippen molar-refractivity contribution in [3.8, 4) is 0 Å². The molecule has 0 radical (unpaired) electrons. The van der Waals surface area contributed by atoms with Crippen molar-refractivity contribution in [1.29, 1.82) is 0 Å². The molecule has 2 aromatic heterocycles. The fraction of sp³-hybridized carbons (Fsp3) is 0.308. The lowest BCUT2D eigenvalue weighted by Gasteiger charge is -2.21. The lowest BCUT2D eigenvalue weighted by atomic mass is 10.0. The van der Waals surface area contributed by atoms with Crippen LogP contribution in [0.15, 0.2) is 29.9 Å². The van der Waals surface area contributed by atoms with Crippen molar-refractivity contribution in [3.63, 3.8) is 0 Å². The second-order valence-corrected chi connectivity index (χ2v) is 5.44. The van der Waals surface area contributed by atoms with Gasteiger partial charge >= 0.3 is 6.18 Å². The highest BCUT2D eigenvalue weighted by Gasteiger charge is 2.36. The number of alkyl halides is 3. The zero-order valence-corrected chi connectivity index (χ0v) is 12.1. The Morgan fingerprint density at radius 1 is 1.40 bits per heavy atom. The van der Waals surface area contributed by atoms with E-state index in [1.807, 2.05) is 6.92 Å². The van der Waals surface area contributed by atoms with Gasteiger partial charge in [0.1, 0.15) is 0 Å². The summed E-state index contributed by atoms with van der Waals surface area (Å²) in [5.74, 6) is 0. The molecule has 0 bridgehead atoms. The maximum absolute atomic E-state index is 13.1. The summed E-state index contributed by atoms with van der Waals surface area (Å²) in [6.45, 7) is 2.35. The van der Waals surface area contributed by atoms with Gasteiger partial charge in [-0.05, 0) is 24.1 Å². The van der Waals surface area contributed by atoms with Crippen LogP contribution in [0.3, 0.4) is 0 Å². The van der Waals surface area contributed by atoms with Crippen LogP contribution in [0, 0.1) is 0 Å². The van der Waals surface area contributed by atoms with E-state index in [9.17, 15) is 13.2 Å². The summed E-state index contributed by atoms with van der Waals surface area (Å²) < 4.78 is 39.3. The Kier molecular flexibility index (Phi) is 4.67. The quantitative estimate of drug-likeness (QED) is 0.896. The molecule has 0 aliphatic rings. The van der Waals surface area contributed by atoms with E-state index < -0.39 is 17.8 Å². The van der Waals surface area contributed by atoms with Crippen LogP contribution in [0.5, 0.6) is 0 Å². The Bertz CT molecular complexity index is 583. The highest BCUT2D eigenvalue weighted by Crippen LogP contribution is 2.39. The van der Waals surface area contributed by atoms with Crippen molar-refractivity contribution >= 4 is 22.9 Å². The molecule has 0 saturated heterocycles. The average Bonchev–Trinajstić information content (AvgIpc) is 2.81. The molecule has 0 spiro atoms. The van der Waals surface area contributed by atoms with Crippen molar-refractivity contribution in [2.75, 3.05) is 6.54 Å². The molecule has 0 saturated carbocycles. The number of nitrogens with one attached hydrogen (secondary N) is 1. The average molecular weight is 321 g/mol. The standard InChI is InChI=1S/C13H12ClF3N2S/c1-2-19-11(12-10(14)4-6-20-12)8-7-18-5-3-9(8)13(15,16)17/h3-7,11,19H,2H2,1H3. The van der Waals surface area contributed by atoms with Crippen LogP contribution in [0.4, 0.5) is 13.2 Å². The lowest BCUT2D eigenvalue weighted by Crippen LogP contribution is -2.24. The fourth-order valence-corrected chi connectivity index (χ4v) is 3.21. The largest absolute Gasteiger partial charge is 0.416 e. The Balaban J connectivity index is 2.54. The van der Waals surface area contributed by atoms with Gasteiger partial charge in [0.05, 0.1) is 16.6 Å². The molecule has 0 aromatic carbocycles. The fourth-order valence-electron chi connectivity index (χ4n) is 1.95. The molecule has 2 rings (SSSR count). The van der Waals surface area contributed by atoms with Crippen LogP contribution in [0.1, 0.15) is 29.0 Å². The van der Waals surface area contributed by atoms with E-state index >= 15 is 0 Å². The third-order valence-corrected chi connectivity index (χ3v) is 4.21. The van der Waals surface area contributed by atoms with Gasteiger partial charge in [-0.3, -0.25) is 4.98 Å². The van der Waals surface area contributed by atoms with Crippen molar-refractivity contribution in [2.45, 2.75) is 19.1 Å². The van der Waals surface area contributed by atoms with E-state index in [2.05, 4.69) is 10.3 Å². The van der Waals surface area contributed by atoms with Crippen molar-refractivity contribution in [2.24, 2.45) is 0 Å². The first kappa shape index (κ1) is 15.3. The molecule has 2 aromatic rings. The van der Waals surface area contributed by atoms with E-state index in [1.54, 1.807) is 11.4 Å². The van der Waals surface area contributed by atoms with Crippen molar-refractivity contribution in [3.05, 3.63) is 50.9 Å². The van der Waals surface area contributed by atoms with Gasteiger partial charge in [-0.2, -0.15) is 13.2 Å². The van der Waals surface area contributed by atoms with Crippen LogP contribution < -0.4 is 5.32 Å². The van der Waals surface area contributed by atoms with E-state index in [0.29, 0.717) is 16.4 Å². The first-order chi connectivity index (χ1) is 9.45. The minimum Gasteiger partial charge on any atom is -0.306 e. The van der Waals surface area contributed by atoms with Crippen LogP contribution in [0.25, 0.3) is 0 Å². The molecule has 1 unspecified atom stereocenters. The van der Waals surface area contributed by atoms with Crippen LogP contribution >= 0.6 is 22.9 Å². The van der Waals surface area contributed by atoms with Crippen molar-refractivity contribution in [1.82, 2.24) is 10.3 Å². The minimum atomic E-state index is -4.42. The van der Waals surface area contributed by atoms with Gasteiger partial charge in [0.15, 0.2) is 0 Å². The Labute approximate surface area is 123 Å². The normalized spacial score (nSPS) is 13.4. The molecule has 0 aliphatic heterocycles. The summed E-state index contributed by atoms with van der Waals surface area (Å²) in [6, 6.07) is 2.05. The maximum atomic E-state index is 13.1. The zero-order chi connectivity index (χ0) is 14.8. The molecular formula is C13H12ClF3N2S. The summed E-state index contributed by atoms with van der Waals surface area (Å²) in [7, 11) is 0. The SMILES string of the molecule is CCNC(c1cnccc1C(F)(F)F)c1sccc1Cl. The molecule has 1 N–H and O–H groups in total. The number of halogens is 4. The molecular weight excluding hydrogens is 309 g/mol. The third kappa shape index (κ3) is 3.13. The van der Waals surface area contributed by atoms with Gasteiger partial charge in [-0.25, -0.2) is 0 Å². The van der Waals surface area contributed by atoms with Crippen LogP contribution in [0.2, 0.25) is 5.02 Å². The predicted molar refractivity (Wildman–Crippen MR) is 74.1 cm³/mol. The molecule has 20 heavy (non-hydrogen) atoms. The van der Waals surface area contributed by atoms with E-state index in [1.165, 1.54) is 17.5 Å². The number of thiophene rings is 1. The van der Waals surface area contributed by atoms with E-state index in [0.717, 1.165) is 12.3 Å². The van der Waals surface area contributed by atoms with Crippen LogP contribution in [-0.4, -0.2) is 11.5 Å². The summed E-state index contributed by atoms with van der Waals surface area (Å²) in [5.41, 5.74) is -0.603. The highest BCUT2D eigenvalue weighted by molar-refractivity contribution is 7.10. The van der Waals surface area contributed by atoms with Gasteiger partial charge in [0.2, 0.25) is 0 Å². The van der Waals surface area contributed by atoms with E-state index in [4.69, 9.17) is 11.6 Å². The lowest BCUT2D eigenvalue weighted by molar-refractivity contribution is -0.138. The topological polar surface area (TPSA) is 24.9 Å². The highest BCUT2D eigenvalue weighted by atomic mass is 35.5. The van der Waals surface area contributed by atoms with Crippen LogP contribution in [-0.2, 0) is 6.18 Å². The Hall–Kier alpha value is -1.11. The molecule has 2 nitrogen and oxygen atoms in total. The van der Waals surface area contributed by atoms with Gasteiger partial charge in [0.25, 0.3) is 0 Å². The second-order valence-electron chi connectivity index (χ2n) is 4.08. The summed E-state index contributed by atoms with van der Waals surface area (Å²) in [5, 5.41) is 5.25. The second kappa shape index (κ2) is 6.11. The monoisotopic (exact) mass is 320 g/mol. The van der Waals surface area contributed by atoms with Gasteiger partial charge in [-0.1, -0.05) is 18.5 Å². The molecule has 2 heterocycles. The number of pyridine rings is 1. The smallest absolute Gasteiger partial charge is 0.306 e. The molecule has 0 aliphatic carbocycles. The molecule has 0 fully saturated rings. The van der Waals surface area contributed by atoms with Gasteiger partial charge < -0.3 is 5.32 Å². The summed E-state index contributed by atoms with van der Waals surface area (Å²) in [4.78, 5) is 4.48. The summed E-state index contributed by atoms with van der Waals surface area (Å²) in [6.07, 6.45) is -2.03. The van der Waals surface area contributed by atoms with E-state index in [-0.39, 0.29) is 5.56 Å². The molecule has 7 heteroatoms. The molecule has 1 atom stereocenters. The first-order valence-electron chi connectivity index (χ1n) is 5.92.